The number of hydrogen-bond acceptors (Lipinski definition) is 5. The maximum atomic E-state index is 6.47. The fourth-order valence-electron chi connectivity index (χ4n) is 8.31. The maximum Gasteiger partial charge on any atom is 0.167 e. The first kappa shape index (κ1) is 35.8. The second-order valence-electron chi connectivity index (χ2n) is 14.9. The van der Waals surface area contributed by atoms with Gasteiger partial charge in [-0.25, -0.2) is 19.9 Å². The lowest BCUT2D eigenvalue weighted by molar-refractivity contribution is 0.669. The summed E-state index contributed by atoms with van der Waals surface area (Å²) < 4.78 is 6.47. The van der Waals surface area contributed by atoms with Gasteiger partial charge < -0.3 is 4.42 Å². The SMILES string of the molecule is c1ccc(-c2nc(-c3ccc(-c4c(-c5ccccc5)c(-c5ccccc5)nc(-c5ccccc5)c4-c4ccccc4)cc3)nc(-c3cccc4c3oc3ccccc34)n2)cc1. The van der Waals surface area contributed by atoms with Gasteiger partial charge in [0.1, 0.15) is 11.2 Å². The molecule has 8 aromatic carbocycles. The Kier molecular flexibility index (Phi) is 9.10. The summed E-state index contributed by atoms with van der Waals surface area (Å²) in [6, 6.07) is 75.2. The highest BCUT2D eigenvalue weighted by atomic mass is 16.3. The summed E-state index contributed by atoms with van der Waals surface area (Å²) in [6.45, 7) is 0. The van der Waals surface area contributed by atoms with Crippen LogP contribution in [0.1, 0.15) is 0 Å². The molecule has 61 heavy (non-hydrogen) atoms. The third-order valence-electron chi connectivity index (χ3n) is 11.2. The molecule has 0 N–H and O–H groups in total. The van der Waals surface area contributed by atoms with E-state index in [4.69, 9.17) is 24.4 Å². The molecule has 0 saturated heterocycles. The second kappa shape index (κ2) is 15.5. The first-order chi connectivity index (χ1) is 30.3. The first-order valence-corrected chi connectivity index (χ1v) is 20.4. The Bertz CT molecular complexity index is 3210. The van der Waals surface area contributed by atoms with Gasteiger partial charge in [0.25, 0.3) is 0 Å². The predicted octanol–water partition coefficient (Wildman–Crippen LogP) is 14.5. The highest BCUT2D eigenvalue weighted by molar-refractivity contribution is 6.09. The highest BCUT2D eigenvalue weighted by Gasteiger charge is 2.25. The van der Waals surface area contributed by atoms with Crippen molar-refractivity contribution < 1.29 is 4.42 Å². The fourth-order valence-corrected chi connectivity index (χ4v) is 8.31. The van der Waals surface area contributed by atoms with Crippen LogP contribution in [-0.4, -0.2) is 19.9 Å². The minimum absolute atomic E-state index is 0.546. The van der Waals surface area contributed by atoms with Gasteiger partial charge in [-0.15, -0.1) is 0 Å². The van der Waals surface area contributed by atoms with Crippen molar-refractivity contribution in [2.75, 3.05) is 0 Å². The van der Waals surface area contributed by atoms with E-state index in [1.165, 1.54) is 0 Å². The van der Waals surface area contributed by atoms with Gasteiger partial charge in [-0.1, -0.05) is 206 Å². The molecule has 11 rings (SSSR count). The number of pyridine rings is 1. The average molecular weight is 781 g/mol. The summed E-state index contributed by atoms with van der Waals surface area (Å²) in [6.07, 6.45) is 0. The van der Waals surface area contributed by atoms with E-state index in [0.29, 0.717) is 17.5 Å². The number of furan rings is 1. The number of rotatable bonds is 8. The van der Waals surface area contributed by atoms with Gasteiger partial charge in [-0.2, -0.15) is 0 Å². The first-order valence-electron chi connectivity index (χ1n) is 20.4. The van der Waals surface area contributed by atoms with E-state index >= 15 is 0 Å². The third-order valence-corrected chi connectivity index (χ3v) is 11.2. The van der Waals surface area contributed by atoms with Crippen LogP contribution < -0.4 is 0 Å². The van der Waals surface area contributed by atoms with Crippen molar-refractivity contribution in [3.05, 3.63) is 218 Å². The Labute approximate surface area is 353 Å². The monoisotopic (exact) mass is 780 g/mol. The molecule has 11 aromatic rings. The molecule has 5 heteroatoms. The van der Waals surface area contributed by atoms with Gasteiger partial charge >= 0.3 is 0 Å². The van der Waals surface area contributed by atoms with Gasteiger partial charge in [0.2, 0.25) is 0 Å². The largest absolute Gasteiger partial charge is 0.455 e. The van der Waals surface area contributed by atoms with Crippen LogP contribution in [0.4, 0.5) is 0 Å². The topological polar surface area (TPSA) is 64.7 Å². The Morgan fingerprint density at radius 1 is 0.262 bits per heavy atom. The zero-order valence-corrected chi connectivity index (χ0v) is 33.0. The lowest BCUT2D eigenvalue weighted by Crippen LogP contribution is -2.02. The molecule has 3 heterocycles. The molecule has 0 aliphatic carbocycles. The quantitative estimate of drug-likeness (QED) is 0.154. The van der Waals surface area contributed by atoms with E-state index in [2.05, 4.69) is 158 Å². The van der Waals surface area contributed by atoms with Crippen molar-refractivity contribution in [3.63, 3.8) is 0 Å². The molecule has 3 aromatic heterocycles. The highest BCUT2D eigenvalue weighted by Crippen LogP contribution is 2.49. The molecule has 0 radical (unpaired) electrons. The molecule has 0 fully saturated rings. The van der Waals surface area contributed by atoms with E-state index in [-0.39, 0.29) is 0 Å². The number of aromatic nitrogens is 4. The van der Waals surface area contributed by atoms with E-state index in [1.807, 2.05) is 60.7 Å². The average Bonchev–Trinajstić information content (AvgIpc) is 3.74. The lowest BCUT2D eigenvalue weighted by atomic mass is 9.83. The Morgan fingerprint density at radius 3 is 1.20 bits per heavy atom. The molecule has 0 atom stereocenters. The van der Waals surface area contributed by atoms with Crippen LogP contribution in [0.3, 0.4) is 0 Å². The zero-order valence-electron chi connectivity index (χ0n) is 33.0. The number of fused-ring (bicyclic) bond motifs is 3. The van der Waals surface area contributed by atoms with E-state index in [0.717, 1.165) is 94.5 Å². The minimum Gasteiger partial charge on any atom is -0.455 e. The molecule has 5 nitrogen and oxygen atoms in total. The van der Waals surface area contributed by atoms with Crippen LogP contribution in [0.5, 0.6) is 0 Å². The van der Waals surface area contributed by atoms with Crippen LogP contribution in [0.2, 0.25) is 0 Å². The third kappa shape index (κ3) is 6.64. The summed E-state index contributed by atoms with van der Waals surface area (Å²) >= 11 is 0. The second-order valence-corrected chi connectivity index (χ2v) is 14.9. The molecule has 0 spiro atoms. The van der Waals surface area contributed by atoms with Crippen molar-refractivity contribution in [1.29, 1.82) is 0 Å². The Balaban J connectivity index is 1.15. The molecular formula is C56H36N4O. The van der Waals surface area contributed by atoms with E-state index < -0.39 is 0 Å². The van der Waals surface area contributed by atoms with Crippen LogP contribution in [-0.2, 0) is 0 Å². The molecule has 286 valence electrons. The van der Waals surface area contributed by atoms with Crippen LogP contribution >= 0.6 is 0 Å². The predicted molar refractivity (Wildman–Crippen MR) is 248 cm³/mol. The van der Waals surface area contributed by atoms with Crippen molar-refractivity contribution in [3.8, 4) is 90.1 Å². The van der Waals surface area contributed by atoms with Gasteiger partial charge in [0.05, 0.1) is 17.0 Å². The van der Waals surface area contributed by atoms with Crippen LogP contribution in [0.25, 0.3) is 112 Å². The lowest BCUT2D eigenvalue weighted by Gasteiger charge is -2.23. The van der Waals surface area contributed by atoms with Crippen molar-refractivity contribution in [2.24, 2.45) is 0 Å². The van der Waals surface area contributed by atoms with E-state index in [1.54, 1.807) is 0 Å². The van der Waals surface area contributed by atoms with Gasteiger partial charge in [0, 0.05) is 49.7 Å². The summed E-state index contributed by atoms with van der Waals surface area (Å²) in [4.78, 5) is 20.9. The standard InChI is InChI=1S/C56H36N4O/c1-6-19-37(20-7-1)49-48(50(38-21-8-2-9-22-38)52(41-25-12-4-13-26-41)57-51(49)40-23-10-3-11-24-40)39-33-35-43(36-34-39)55-58-54(42-27-14-5-15-28-42)59-56(60-55)46-31-18-30-45-44-29-16-17-32-47(44)61-53(45)46/h1-36H. The summed E-state index contributed by atoms with van der Waals surface area (Å²) in [5, 5.41) is 2.07. The molecule has 0 unspecified atom stereocenters. The Hall–Kier alpha value is -8.28. The van der Waals surface area contributed by atoms with Gasteiger partial charge in [0.15, 0.2) is 17.5 Å². The number of nitrogens with zero attached hydrogens (tertiary/aromatic N) is 4. The fraction of sp³-hybridized carbons (Fsp3) is 0. The number of para-hydroxylation sites is 2. The van der Waals surface area contributed by atoms with Crippen molar-refractivity contribution in [2.45, 2.75) is 0 Å². The smallest absolute Gasteiger partial charge is 0.167 e. The molecule has 0 saturated carbocycles. The maximum absolute atomic E-state index is 6.47. The zero-order chi connectivity index (χ0) is 40.5. The van der Waals surface area contributed by atoms with Gasteiger partial charge in [-0.3, -0.25) is 0 Å². The normalized spacial score (nSPS) is 11.3. The van der Waals surface area contributed by atoms with Crippen molar-refractivity contribution in [1.82, 2.24) is 19.9 Å². The molecular weight excluding hydrogens is 745 g/mol. The number of hydrogen-bond donors (Lipinski definition) is 0. The summed E-state index contributed by atoms with van der Waals surface area (Å²) in [5.41, 5.74) is 14.5. The summed E-state index contributed by atoms with van der Waals surface area (Å²) in [5.74, 6) is 1.70. The molecule has 0 aliphatic heterocycles. The molecule has 0 amide bonds. The van der Waals surface area contributed by atoms with Crippen LogP contribution in [0.15, 0.2) is 223 Å². The number of benzene rings is 8. The molecule has 0 aliphatic rings. The molecule has 0 bridgehead atoms. The minimum atomic E-state index is 0.546. The Morgan fingerprint density at radius 2 is 0.656 bits per heavy atom. The van der Waals surface area contributed by atoms with Crippen molar-refractivity contribution >= 4 is 21.9 Å². The van der Waals surface area contributed by atoms with Crippen LogP contribution in [0, 0.1) is 0 Å². The summed E-state index contributed by atoms with van der Waals surface area (Å²) in [7, 11) is 0. The van der Waals surface area contributed by atoms with E-state index in [9.17, 15) is 0 Å². The van der Waals surface area contributed by atoms with Gasteiger partial charge in [-0.05, 0) is 28.8 Å².